The lowest BCUT2D eigenvalue weighted by Crippen LogP contribution is -2.26. The van der Waals surface area contributed by atoms with E-state index in [0.29, 0.717) is 10.9 Å². The predicted molar refractivity (Wildman–Crippen MR) is 85.8 cm³/mol. The number of rotatable bonds is 5. The van der Waals surface area contributed by atoms with E-state index in [-0.39, 0.29) is 17.2 Å². The van der Waals surface area contributed by atoms with Gasteiger partial charge in [0.1, 0.15) is 11.1 Å². The molecule has 0 aliphatic carbocycles. The molecule has 0 aromatic heterocycles. The normalized spacial score (nSPS) is 19.8. The minimum atomic E-state index is -1.06. The molecule has 1 amide bonds. The number of thioether (sulfide) groups is 1. The number of hydrogen-bond acceptors (Lipinski definition) is 5. The number of carboxylic acids is 1. The van der Waals surface area contributed by atoms with Crippen LogP contribution in [-0.2, 0) is 14.9 Å². The van der Waals surface area contributed by atoms with E-state index in [1.165, 1.54) is 6.21 Å². The molecule has 1 saturated heterocycles. The van der Waals surface area contributed by atoms with Crippen molar-refractivity contribution in [3.8, 4) is 0 Å². The lowest BCUT2D eigenvalue weighted by molar-refractivity contribution is -0.138. The third kappa shape index (κ3) is 4.14. The van der Waals surface area contributed by atoms with E-state index in [1.54, 1.807) is 18.2 Å². The molecule has 116 valence electrons. The number of nitrogens with zero attached hydrogens (tertiary/aromatic N) is 2. The van der Waals surface area contributed by atoms with E-state index in [0.717, 1.165) is 11.8 Å². The number of carbonyl (C=O) groups is 2. The van der Waals surface area contributed by atoms with E-state index in [4.69, 9.17) is 5.11 Å². The summed E-state index contributed by atoms with van der Waals surface area (Å²) in [6.07, 6.45) is 0.951. The predicted octanol–water partition coefficient (Wildman–Crippen LogP) is 2.12. The second kappa shape index (κ2) is 7.50. The molecule has 1 unspecified atom stereocenters. The second-order valence-corrected chi connectivity index (χ2v) is 6.05. The fraction of sp³-hybridized carbons (Fsp3) is 0.231. The van der Waals surface area contributed by atoms with E-state index >= 15 is 0 Å². The molecule has 0 spiro atoms. The zero-order chi connectivity index (χ0) is 16.1. The van der Waals surface area contributed by atoms with E-state index in [1.807, 2.05) is 0 Å². The molecule has 1 atom stereocenters. The van der Waals surface area contributed by atoms with Gasteiger partial charge in [-0.3, -0.25) is 9.59 Å². The van der Waals surface area contributed by atoms with Crippen molar-refractivity contribution in [1.29, 1.82) is 0 Å². The Balaban J connectivity index is 2.06. The summed E-state index contributed by atoms with van der Waals surface area (Å²) in [7, 11) is 0. The third-order valence-electron chi connectivity index (χ3n) is 2.73. The Morgan fingerprint density at radius 2 is 2.32 bits per heavy atom. The summed E-state index contributed by atoms with van der Waals surface area (Å²) in [5, 5.41) is 18.5. The lowest BCUT2D eigenvalue weighted by atomic mass is 10.1. The van der Waals surface area contributed by atoms with Crippen molar-refractivity contribution in [2.24, 2.45) is 10.2 Å². The summed E-state index contributed by atoms with van der Waals surface area (Å²) < 4.78 is 13.9. The molecule has 2 rings (SSSR count). The summed E-state index contributed by atoms with van der Waals surface area (Å²) in [6.45, 7) is 0. The molecule has 0 radical (unpaired) electrons. The average molecular weight is 388 g/mol. The van der Waals surface area contributed by atoms with Crippen LogP contribution in [0.2, 0.25) is 0 Å². The number of amides is 1. The van der Waals surface area contributed by atoms with Crippen LogP contribution < -0.4 is 5.32 Å². The Hall–Kier alpha value is -1.74. The zero-order valence-electron chi connectivity index (χ0n) is 11.1. The molecule has 1 aliphatic rings. The molecule has 22 heavy (non-hydrogen) atoms. The first-order chi connectivity index (χ1) is 10.5. The molecule has 1 aliphatic heterocycles. The van der Waals surface area contributed by atoms with Crippen molar-refractivity contribution in [2.75, 3.05) is 0 Å². The minimum absolute atomic E-state index is 0.199. The average Bonchev–Trinajstić information content (AvgIpc) is 2.80. The SMILES string of the molecule is O=C(O)CC1SC(=NN=Cc2cccc(CBr)c2F)NC1=O. The summed E-state index contributed by atoms with van der Waals surface area (Å²) >= 11 is 4.17. The number of aliphatic carboxylic acids is 1. The molecular weight excluding hydrogens is 377 g/mol. The first-order valence-corrected chi connectivity index (χ1v) is 8.15. The van der Waals surface area contributed by atoms with Crippen LogP contribution in [0.25, 0.3) is 0 Å². The van der Waals surface area contributed by atoms with Crippen molar-refractivity contribution in [3.63, 3.8) is 0 Å². The molecule has 0 bridgehead atoms. The summed E-state index contributed by atoms with van der Waals surface area (Å²) in [4.78, 5) is 22.1. The van der Waals surface area contributed by atoms with Crippen LogP contribution in [0.1, 0.15) is 17.5 Å². The Morgan fingerprint density at radius 1 is 1.55 bits per heavy atom. The maximum absolute atomic E-state index is 13.9. The summed E-state index contributed by atoms with van der Waals surface area (Å²) in [5.41, 5.74) is 0.777. The second-order valence-electron chi connectivity index (χ2n) is 4.30. The van der Waals surface area contributed by atoms with Crippen molar-refractivity contribution in [2.45, 2.75) is 17.0 Å². The third-order valence-corrected chi connectivity index (χ3v) is 4.41. The van der Waals surface area contributed by atoms with Crippen molar-refractivity contribution >= 4 is 51.0 Å². The van der Waals surface area contributed by atoms with Gasteiger partial charge in [-0.05, 0) is 5.56 Å². The lowest BCUT2D eigenvalue weighted by Gasteiger charge is -2.00. The minimum Gasteiger partial charge on any atom is -0.481 e. The molecule has 6 nitrogen and oxygen atoms in total. The van der Waals surface area contributed by atoms with Gasteiger partial charge in [-0.15, -0.1) is 5.10 Å². The van der Waals surface area contributed by atoms with Gasteiger partial charge in [0.25, 0.3) is 0 Å². The number of nitrogens with one attached hydrogen (secondary N) is 1. The van der Waals surface area contributed by atoms with Crippen LogP contribution in [0.3, 0.4) is 0 Å². The van der Waals surface area contributed by atoms with Gasteiger partial charge in [-0.25, -0.2) is 4.39 Å². The van der Waals surface area contributed by atoms with Gasteiger partial charge in [0, 0.05) is 10.9 Å². The highest BCUT2D eigenvalue weighted by Crippen LogP contribution is 2.22. The van der Waals surface area contributed by atoms with Gasteiger partial charge in [0.15, 0.2) is 5.17 Å². The highest BCUT2D eigenvalue weighted by molar-refractivity contribution is 9.08. The smallest absolute Gasteiger partial charge is 0.305 e. The molecule has 1 aromatic rings. The van der Waals surface area contributed by atoms with Crippen LogP contribution in [0.15, 0.2) is 28.4 Å². The maximum atomic E-state index is 13.9. The molecular formula is C13H11BrFN3O3S. The highest BCUT2D eigenvalue weighted by Gasteiger charge is 2.32. The van der Waals surface area contributed by atoms with Crippen LogP contribution >= 0.6 is 27.7 Å². The largest absolute Gasteiger partial charge is 0.481 e. The first kappa shape index (κ1) is 16.6. The number of halogens is 2. The van der Waals surface area contributed by atoms with Gasteiger partial charge in [-0.2, -0.15) is 5.10 Å². The number of alkyl halides is 1. The number of hydrogen-bond donors (Lipinski definition) is 2. The van der Waals surface area contributed by atoms with Gasteiger partial charge in [0.2, 0.25) is 5.91 Å². The monoisotopic (exact) mass is 387 g/mol. The van der Waals surface area contributed by atoms with E-state index < -0.39 is 22.9 Å². The molecule has 1 heterocycles. The van der Waals surface area contributed by atoms with Crippen molar-refractivity contribution in [3.05, 3.63) is 35.1 Å². The van der Waals surface area contributed by atoms with E-state index in [9.17, 15) is 14.0 Å². The fourth-order valence-electron chi connectivity index (χ4n) is 1.69. The molecule has 2 N–H and O–H groups in total. The Morgan fingerprint density at radius 3 is 3.00 bits per heavy atom. The number of carboxylic acid groups (broad SMARTS) is 1. The highest BCUT2D eigenvalue weighted by atomic mass is 79.9. The fourth-order valence-corrected chi connectivity index (χ4v) is 3.04. The van der Waals surface area contributed by atoms with Gasteiger partial charge >= 0.3 is 5.97 Å². The molecule has 1 aromatic carbocycles. The Labute approximate surface area is 138 Å². The number of carbonyl (C=O) groups excluding carboxylic acids is 1. The van der Waals surface area contributed by atoms with Gasteiger partial charge < -0.3 is 10.4 Å². The first-order valence-electron chi connectivity index (χ1n) is 6.15. The topological polar surface area (TPSA) is 91.1 Å². The van der Waals surface area contributed by atoms with Crippen molar-refractivity contribution < 1.29 is 19.1 Å². The van der Waals surface area contributed by atoms with Crippen LogP contribution in [0, 0.1) is 5.82 Å². The van der Waals surface area contributed by atoms with Gasteiger partial charge in [-0.1, -0.05) is 45.9 Å². The molecule has 0 saturated carbocycles. The quantitative estimate of drug-likeness (QED) is 0.459. The summed E-state index contributed by atoms with van der Waals surface area (Å²) in [5.74, 6) is -1.88. The van der Waals surface area contributed by atoms with Crippen molar-refractivity contribution in [1.82, 2.24) is 5.32 Å². The van der Waals surface area contributed by atoms with E-state index in [2.05, 4.69) is 31.4 Å². The standard InChI is InChI=1S/C13H11BrFN3O3S/c14-5-7-2-1-3-8(11(7)15)6-16-18-13-17-12(21)9(22-13)4-10(19)20/h1-3,6,9H,4-5H2,(H,19,20)(H,17,18,21). The zero-order valence-corrected chi connectivity index (χ0v) is 13.5. The Bertz CT molecular complexity index is 666. The molecule has 9 heteroatoms. The van der Waals surface area contributed by atoms with Crippen LogP contribution in [-0.4, -0.2) is 33.6 Å². The van der Waals surface area contributed by atoms with Crippen LogP contribution in [0.4, 0.5) is 4.39 Å². The summed E-state index contributed by atoms with van der Waals surface area (Å²) in [6, 6.07) is 4.90. The number of amidine groups is 1. The Kier molecular flexibility index (Phi) is 5.67. The molecule has 1 fully saturated rings. The van der Waals surface area contributed by atoms with Gasteiger partial charge in [0.05, 0.1) is 12.6 Å². The van der Waals surface area contributed by atoms with Crippen LogP contribution in [0.5, 0.6) is 0 Å². The number of benzene rings is 1. The maximum Gasteiger partial charge on any atom is 0.305 e.